The topological polar surface area (TPSA) is 77.6 Å². The first-order valence-electron chi connectivity index (χ1n) is 6.47. The van der Waals surface area contributed by atoms with Crippen LogP contribution in [-0.2, 0) is 11.3 Å². The summed E-state index contributed by atoms with van der Waals surface area (Å²) >= 11 is 0. The van der Waals surface area contributed by atoms with E-state index in [9.17, 15) is 4.79 Å². The SMILES string of the molecule is Cc1cc(NC(=O)Cn2cncn2)n(-c2ccccc2)n1. The molecule has 0 atom stereocenters. The Hall–Kier alpha value is -2.96. The highest BCUT2D eigenvalue weighted by molar-refractivity contribution is 5.90. The Morgan fingerprint density at radius 2 is 2.10 bits per heavy atom. The average Bonchev–Trinajstić information content (AvgIpc) is 3.09. The van der Waals surface area contributed by atoms with Crippen molar-refractivity contribution in [3.8, 4) is 5.69 Å². The zero-order chi connectivity index (χ0) is 14.7. The van der Waals surface area contributed by atoms with Gasteiger partial charge in [-0.05, 0) is 19.1 Å². The first-order valence-corrected chi connectivity index (χ1v) is 6.47. The van der Waals surface area contributed by atoms with Crippen LogP contribution >= 0.6 is 0 Å². The van der Waals surface area contributed by atoms with Crippen LogP contribution in [0.25, 0.3) is 5.69 Å². The molecule has 0 saturated carbocycles. The van der Waals surface area contributed by atoms with Crippen molar-refractivity contribution in [2.75, 3.05) is 5.32 Å². The van der Waals surface area contributed by atoms with E-state index in [-0.39, 0.29) is 12.5 Å². The van der Waals surface area contributed by atoms with E-state index in [0.29, 0.717) is 5.82 Å². The van der Waals surface area contributed by atoms with Gasteiger partial charge in [0, 0.05) is 6.07 Å². The van der Waals surface area contributed by atoms with Gasteiger partial charge in [-0.15, -0.1) is 0 Å². The molecular weight excluding hydrogens is 268 g/mol. The monoisotopic (exact) mass is 282 g/mol. The summed E-state index contributed by atoms with van der Waals surface area (Å²) in [5.41, 5.74) is 1.72. The Balaban J connectivity index is 1.81. The molecule has 0 fully saturated rings. The fraction of sp³-hybridized carbons (Fsp3) is 0.143. The van der Waals surface area contributed by atoms with E-state index in [2.05, 4.69) is 20.5 Å². The van der Waals surface area contributed by atoms with Gasteiger partial charge < -0.3 is 5.32 Å². The number of amides is 1. The van der Waals surface area contributed by atoms with Crippen molar-refractivity contribution < 1.29 is 4.79 Å². The lowest BCUT2D eigenvalue weighted by molar-refractivity contribution is -0.116. The molecule has 0 aliphatic rings. The van der Waals surface area contributed by atoms with Crippen LogP contribution in [0.3, 0.4) is 0 Å². The first kappa shape index (κ1) is 13.0. The predicted octanol–water partition coefficient (Wildman–Crippen LogP) is 1.41. The van der Waals surface area contributed by atoms with Crippen LogP contribution in [0.4, 0.5) is 5.82 Å². The van der Waals surface area contributed by atoms with Crippen molar-refractivity contribution in [2.45, 2.75) is 13.5 Å². The van der Waals surface area contributed by atoms with Crippen molar-refractivity contribution in [3.63, 3.8) is 0 Å². The number of anilines is 1. The number of carbonyl (C=O) groups excluding carboxylic acids is 1. The minimum Gasteiger partial charge on any atom is -0.309 e. The van der Waals surface area contributed by atoms with Crippen molar-refractivity contribution in [1.82, 2.24) is 24.5 Å². The van der Waals surface area contributed by atoms with Crippen molar-refractivity contribution in [1.29, 1.82) is 0 Å². The Morgan fingerprint density at radius 3 is 2.81 bits per heavy atom. The standard InChI is InChI=1S/C14H14N6O/c1-11-7-13(17-14(21)8-19-10-15-9-16-19)20(18-11)12-5-3-2-4-6-12/h2-7,9-10H,8H2,1H3,(H,17,21). The molecule has 7 heteroatoms. The van der Waals surface area contributed by atoms with Crippen LogP contribution < -0.4 is 5.32 Å². The lowest BCUT2D eigenvalue weighted by Gasteiger charge is -2.08. The van der Waals surface area contributed by atoms with Crippen molar-refractivity contribution in [2.24, 2.45) is 0 Å². The van der Waals surface area contributed by atoms with E-state index < -0.39 is 0 Å². The molecule has 0 aliphatic heterocycles. The molecule has 2 aromatic heterocycles. The molecule has 7 nitrogen and oxygen atoms in total. The number of nitrogens with zero attached hydrogens (tertiary/aromatic N) is 5. The normalized spacial score (nSPS) is 10.5. The van der Waals surface area contributed by atoms with Gasteiger partial charge in [-0.2, -0.15) is 10.2 Å². The second kappa shape index (κ2) is 5.58. The molecule has 2 heterocycles. The minimum atomic E-state index is -0.183. The van der Waals surface area contributed by atoms with Gasteiger partial charge in [0.05, 0.1) is 11.4 Å². The summed E-state index contributed by atoms with van der Waals surface area (Å²) in [5.74, 6) is 0.446. The molecule has 1 N–H and O–H groups in total. The highest BCUT2D eigenvalue weighted by Crippen LogP contribution is 2.16. The Kier molecular flexibility index (Phi) is 3.46. The maximum absolute atomic E-state index is 12.0. The number of carbonyl (C=O) groups is 1. The summed E-state index contributed by atoms with van der Waals surface area (Å²) in [7, 11) is 0. The van der Waals surface area contributed by atoms with Gasteiger partial charge in [0.1, 0.15) is 25.0 Å². The molecule has 0 radical (unpaired) electrons. The number of para-hydroxylation sites is 1. The Morgan fingerprint density at radius 1 is 1.29 bits per heavy atom. The van der Waals surface area contributed by atoms with Crippen LogP contribution in [0, 0.1) is 6.92 Å². The number of hydrogen-bond donors (Lipinski definition) is 1. The van der Waals surface area contributed by atoms with Gasteiger partial charge >= 0.3 is 0 Å². The molecular formula is C14H14N6O. The van der Waals surface area contributed by atoms with Gasteiger partial charge in [-0.25, -0.2) is 14.3 Å². The third kappa shape index (κ3) is 2.97. The van der Waals surface area contributed by atoms with Gasteiger partial charge in [0.15, 0.2) is 0 Å². The fourth-order valence-corrected chi connectivity index (χ4v) is 2.00. The van der Waals surface area contributed by atoms with E-state index in [1.165, 1.54) is 17.3 Å². The van der Waals surface area contributed by atoms with Gasteiger partial charge in [-0.1, -0.05) is 18.2 Å². The number of hydrogen-bond acceptors (Lipinski definition) is 4. The molecule has 1 aromatic carbocycles. The van der Waals surface area contributed by atoms with E-state index >= 15 is 0 Å². The number of aromatic nitrogens is 5. The van der Waals surface area contributed by atoms with E-state index in [0.717, 1.165) is 11.4 Å². The molecule has 106 valence electrons. The quantitative estimate of drug-likeness (QED) is 0.785. The Labute approximate surface area is 121 Å². The second-order valence-electron chi connectivity index (χ2n) is 4.56. The molecule has 0 bridgehead atoms. The number of rotatable bonds is 4. The fourth-order valence-electron chi connectivity index (χ4n) is 2.00. The van der Waals surface area contributed by atoms with Crippen LogP contribution in [0.1, 0.15) is 5.69 Å². The maximum Gasteiger partial charge on any atom is 0.247 e. The smallest absolute Gasteiger partial charge is 0.247 e. The van der Waals surface area contributed by atoms with Crippen molar-refractivity contribution in [3.05, 3.63) is 54.7 Å². The molecule has 0 aliphatic carbocycles. The summed E-state index contributed by atoms with van der Waals surface area (Å²) in [6.45, 7) is 1.99. The summed E-state index contributed by atoms with van der Waals surface area (Å²) in [6, 6.07) is 11.5. The zero-order valence-electron chi connectivity index (χ0n) is 11.5. The largest absolute Gasteiger partial charge is 0.309 e. The van der Waals surface area contributed by atoms with E-state index in [4.69, 9.17) is 0 Å². The van der Waals surface area contributed by atoms with Crippen LogP contribution in [0.2, 0.25) is 0 Å². The number of nitrogens with one attached hydrogen (secondary N) is 1. The number of benzene rings is 1. The minimum absolute atomic E-state index is 0.110. The zero-order valence-corrected chi connectivity index (χ0v) is 11.5. The molecule has 21 heavy (non-hydrogen) atoms. The Bertz CT molecular complexity index is 732. The molecule has 3 rings (SSSR count). The van der Waals surface area contributed by atoms with Crippen LogP contribution in [0.5, 0.6) is 0 Å². The number of aryl methyl sites for hydroxylation is 1. The summed E-state index contributed by atoms with van der Waals surface area (Å²) in [5, 5.41) is 11.1. The second-order valence-corrected chi connectivity index (χ2v) is 4.56. The van der Waals surface area contributed by atoms with E-state index in [1.807, 2.05) is 43.3 Å². The summed E-state index contributed by atoms with van der Waals surface area (Å²) in [4.78, 5) is 15.8. The summed E-state index contributed by atoms with van der Waals surface area (Å²) < 4.78 is 3.17. The van der Waals surface area contributed by atoms with E-state index in [1.54, 1.807) is 4.68 Å². The lowest BCUT2D eigenvalue weighted by Crippen LogP contribution is -2.20. The molecule has 3 aromatic rings. The molecule has 0 spiro atoms. The third-order valence-electron chi connectivity index (χ3n) is 2.87. The molecule has 0 unspecified atom stereocenters. The van der Waals surface area contributed by atoms with Gasteiger partial charge in [-0.3, -0.25) is 4.79 Å². The van der Waals surface area contributed by atoms with Crippen molar-refractivity contribution >= 4 is 11.7 Å². The highest BCUT2D eigenvalue weighted by Gasteiger charge is 2.11. The van der Waals surface area contributed by atoms with Crippen LogP contribution in [0.15, 0.2) is 49.1 Å². The third-order valence-corrected chi connectivity index (χ3v) is 2.87. The molecule has 0 saturated heterocycles. The first-order chi connectivity index (χ1) is 10.2. The lowest BCUT2D eigenvalue weighted by atomic mass is 10.3. The maximum atomic E-state index is 12.0. The van der Waals surface area contributed by atoms with Gasteiger partial charge in [0.25, 0.3) is 0 Å². The van der Waals surface area contributed by atoms with Crippen LogP contribution in [-0.4, -0.2) is 30.5 Å². The summed E-state index contributed by atoms with van der Waals surface area (Å²) in [6.07, 6.45) is 2.89. The molecule has 1 amide bonds. The predicted molar refractivity (Wildman–Crippen MR) is 77.0 cm³/mol. The average molecular weight is 282 g/mol. The highest BCUT2D eigenvalue weighted by atomic mass is 16.2. The van der Waals surface area contributed by atoms with Gasteiger partial charge in [0.2, 0.25) is 5.91 Å².